The molecule has 1 fully saturated rings. The van der Waals surface area contributed by atoms with E-state index in [1.54, 1.807) is 11.3 Å². The van der Waals surface area contributed by atoms with Crippen molar-refractivity contribution in [3.05, 3.63) is 63.1 Å². The van der Waals surface area contributed by atoms with Crippen LogP contribution in [0.25, 0.3) is 0 Å². The average molecular weight is 451 g/mol. The molecule has 0 atom stereocenters. The first-order chi connectivity index (χ1) is 15.6. The predicted octanol–water partition coefficient (Wildman–Crippen LogP) is 4.28. The number of carbonyl (C=O) groups is 1. The fourth-order valence-electron chi connectivity index (χ4n) is 5.08. The molecule has 1 aromatic carbocycles. The van der Waals surface area contributed by atoms with Gasteiger partial charge in [-0.2, -0.15) is 0 Å². The summed E-state index contributed by atoms with van der Waals surface area (Å²) in [6, 6.07) is 4.15. The van der Waals surface area contributed by atoms with Gasteiger partial charge in [-0.15, -0.1) is 11.3 Å². The SMILES string of the molecule is Cc1nc(Cn2ccnc2C2CCN(C(=O)COc3ccc(C)c4c3CCC4)CC2)cs1. The van der Waals surface area contributed by atoms with Gasteiger partial charge in [-0.05, 0) is 68.7 Å². The molecule has 32 heavy (non-hydrogen) atoms. The summed E-state index contributed by atoms with van der Waals surface area (Å²) >= 11 is 1.68. The molecule has 0 saturated carbocycles. The summed E-state index contributed by atoms with van der Waals surface area (Å²) in [6.07, 6.45) is 9.12. The lowest BCUT2D eigenvalue weighted by Gasteiger charge is -2.32. The Labute approximate surface area is 193 Å². The number of likely N-dealkylation sites (tertiary alicyclic amines) is 1. The largest absolute Gasteiger partial charge is 0.483 e. The summed E-state index contributed by atoms with van der Waals surface area (Å²) in [7, 11) is 0. The Hall–Kier alpha value is -2.67. The van der Waals surface area contributed by atoms with Crippen molar-refractivity contribution in [2.24, 2.45) is 0 Å². The van der Waals surface area contributed by atoms with E-state index in [9.17, 15) is 4.79 Å². The molecule has 2 aromatic heterocycles. The summed E-state index contributed by atoms with van der Waals surface area (Å²) in [5, 5.41) is 3.20. The number of piperidine rings is 1. The Kier molecular flexibility index (Phi) is 6.00. The van der Waals surface area contributed by atoms with Crippen LogP contribution >= 0.6 is 11.3 Å². The van der Waals surface area contributed by atoms with Gasteiger partial charge in [-0.3, -0.25) is 4.79 Å². The Balaban J connectivity index is 1.16. The maximum absolute atomic E-state index is 12.8. The summed E-state index contributed by atoms with van der Waals surface area (Å²) in [5.41, 5.74) is 5.14. The van der Waals surface area contributed by atoms with Gasteiger partial charge in [0.2, 0.25) is 0 Å². The zero-order valence-corrected chi connectivity index (χ0v) is 19.7. The van der Waals surface area contributed by atoms with Crippen molar-refractivity contribution >= 4 is 17.2 Å². The molecule has 0 radical (unpaired) electrons. The highest BCUT2D eigenvalue weighted by atomic mass is 32.1. The molecule has 7 heteroatoms. The molecule has 0 unspecified atom stereocenters. The van der Waals surface area contributed by atoms with Crippen LogP contribution in [0.4, 0.5) is 0 Å². The minimum atomic E-state index is 0.0806. The van der Waals surface area contributed by atoms with Crippen molar-refractivity contribution in [3.63, 3.8) is 0 Å². The van der Waals surface area contributed by atoms with Crippen LogP contribution in [0.2, 0.25) is 0 Å². The van der Waals surface area contributed by atoms with Crippen molar-refractivity contribution in [1.82, 2.24) is 19.4 Å². The molecule has 0 spiro atoms. The Bertz CT molecular complexity index is 1110. The van der Waals surface area contributed by atoms with Gasteiger partial charge in [-0.1, -0.05) is 6.07 Å². The molecule has 5 rings (SSSR count). The molecule has 1 aliphatic heterocycles. The normalized spacial score (nSPS) is 16.4. The van der Waals surface area contributed by atoms with Crippen molar-refractivity contribution in [3.8, 4) is 5.75 Å². The van der Waals surface area contributed by atoms with E-state index in [1.165, 1.54) is 23.1 Å². The second-order valence-corrected chi connectivity index (χ2v) is 9.97. The fourth-order valence-corrected chi connectivity index (χ4v) is 5.68. The number of ether oxygens (including phenoxy) is 1. The van der Waals surface area contributed by atoms with Crippen LogP contribution in [0.1, 0.15) is 58.4 Å². The van der Waals surface area contributed by atoms with Crippen LogP contribution in [-0.2, 0) is 24.2 Å². The molecule has 1 saturated heterocycles. The second-order valence-electron chi connectivity index (χ2n) is 8.91. The quantitative estimate of drug-likeness (QED) is 0.562. The lowest BCUT2D eigenvalue weighted by Crippen LogP contribution is -2.41. The van der Waals surface area contributed by atoms with E-state index in [1.807, 2.05) is 30.3 Å². The third-order valence-corrected chi connectivity index (χ3v) is 7.61. The highest BCUT2D eigenvalue weighted by Crippen LogP contribution is 2.33. The number of hydrogen-bond donors (Lipinski definition) is 0. The third-order valence-electron chi connectivity index (χ3n) is 6.79. The van der Waals surface area contributed by atoms with Gasteiger partial charge in [0.05, 0.1) is 17.2 Å². The molecular weight excluding hydrogens is 420 g/mol. The highest BCUT2D eigenvalue weighted by molar-refractivity contribution is 7.09. The van der Waals surface area contributed by atoms with E-state index in [4.69, 9.17) is 4.74 Å². The van der Waals surface area contributed by atoms with E-state index >= 15 is 0 Å². The molecule has 168 valence electrons. The summed E-state index contributed by atoms with van der Waals surface area (Å²) in [4.78, 5) is 24.0. The molecule has 3 heterocycles. The summed E-state index contributed by atoms with van der Waals surface area (Å²) in [5.74, 6) is 2.45. The first kappa shape index (κ1) is 21.2. The van der Waals surface area contributed by atoms with E-state index < -0.39 is 0 Å². The molecule has 3 aromatic rings. The van der Waals surface area contributed by atoms with Gasteiger partial charge in [0.25, 0.3) is 5.91 Å². The molecular formula is C25H30N4O2S. The monoisotopic (exact) mass is 450 g/mol. The Morgan fingerprint density at radius 2 is 2.00 bits per heavy atom. The number of imidazole rings is 1. The number of nitrogens with zero attached hydrogens (tertiary/aromatic N) is 4. The smallest absolute Gasteiger partial charge is 0.260 e. The zero-order chi connectivity index (χ0) is 22.1. The van der Waals surface area contributed by atoms with E-state index in [0.29, 0.717) is 5.92 Å². The van der Waals surface area contributed by atoms with E-state index in [0.717, 1.165) is 67.6 Å². The molecule has 1 amide bonds. The minimum Gasteiger partial charge on any atom is -0.483 e. The lowest BCUT2D eigenvalue weighted by molar-refractivity contribution is -0.134. The Morgan fingerprint density at radius 1 is 1.19 bits per heavy atom. The third kappa shape index (κ3) is 4.31. The number of aromatic nitrogens is 3. The lowest BCUT2D eigenvalue weighted by atomic mass is 9.96. The second kappa shape index (κ2) is 9.06. The number of carbonyl (C=O) groups excluding carboxylic acids is 1. The predicted molar refractivity (Wildman–Crippen MR) is 125 cm³/mol. The molecule has 0 bridgehead atoms. The maximum Gasteiger partial charge on any atom is 0.260 e. The Morgan fingerprint density at radius 3 is 2.78 bits per heavy atom. The number of thiazole rings is 1. The molecule has 0 N–H and O–H groups in total. The number of hydrogen-bond acceptors (Lipinski definition) is 5. The number of fused-ring (bicyclic) bond motifs is 1. The van der Waals surface area contributed by atoms with Crippen molar-refractivity contribution in [2.45, 2.75) is 58.4 Å². The number of rotatable bonds is 6. The van der Waals surface area contributed by atoms with Crippen molar-refractivity contribution in [2.75, 3.05) is 19.7 Å². The van der Waals surface area contributed by atoms with Crippen molar-refractivity contribution in [1.29, 1.82) is 0 Å². The minimum absolute atomic E-state index is 0.0806. The van der Waals surface area contributed by atoms with Gasteiger partial charge in [0.1, 0.15) is 11.6 Å². The van der Waals surface area contributed by atoms with Gasteiger partial charge >= 0.3 is 0 Å². The van der Waals surface area contributed by atoms with E-state index in [-0.39, 0.29) is 12.5 Å². The topological polar surface area (TPSA) is 60.2 Å². The van der Waals surface area contributed by atoms with E-state index in [2.05, 4.69) is 32.9 Å². The summed E-state index contributed by atoms with van der Waals surface area (Å²) in [6.45, 7) is 6.58. The standard InChI is InChI=1S/C25H30N4O2S/c1-17-6-7-23(22-5-3-4-21(17)22)31-15-24(30)28-11-8-19(9-12-28)25-26-10-13-29(25)14-20-16-32-18(2)27-20/h6-7,10,13,16,19H,3-5,8-9,11-12,14-15H2,1-2H3. The van der Waals surface area contributed by atoms with Crippen molar-refractivity contribution < 1.29 is 9.53 Å². The fraction of sp³-hybridized carbons (Fsp3) is 0.480. The highest BCUT2D eigenvalue weighted by Gasteiger charge is 2.27. The first-order valence-electron chi connectivity index (χ1n) is 11.5. The maximum atomic E-state index is 12.8. The zero-order valence-electron chi connectivity index (χ0n) is 18.8. The van der Waals surface area contributed by atoms with Gasteiger partial charge in [-0.25, -0.2) is 9.97 Å². The van der Waals surface area contributed by atoms with Crippen LogP contribution < -0.4 is 4.74 Å². The van der Waals surface area contributed by atoms with Gasteiger partial charge in [0.15, 0.2) is 6.61 Å². The van der Waals surface area contributed by atoms with Gasteiger partial charge in [0, 0.05) is 36.8 Å². The van der Waals surface area contributed by atoms with Crippen LogP contribution in [0.15, 0.2) is 29.9 Å². The van der Waals surface area contributed by atoms with Crippen LogP contribution in [0.3, 0.4) is 0 Å². The molecule has 6 nitrogen and oxygen atoms in total. The average Bonchev–Trinajstić information content (AvgIpc) is 3.55. The molecule has 2 aliphatic rings. The van der Waals surface area contributed by atoms with Crippen LogP contribution in [-0.4, -0.2) is 45.0 Å². The van der Waals surface area contributed by atoms with Crippen LogP contribution in [0, 0.1) is 13.8 Å². The van der Waals surface area contributed by atoms with Crippen LogP contribution in [0.5, 0.6) is 5.75 Å². The number of amides is 1. The summed E-state index contributed by atoms with van der Waals surface area (Å²) < 4.78 is 8.20. The van der Waals surface area contributed by atoms with Gasteiger partial charge < -0.3 is 14.2 Å². The number of benzene rings is 1. The molecule has 1 aliphatic carbocycles. The first-order valence-corrected chi connectivity index (χ1v) is 12.4. The number of aryl methyl sites for hydroxylation is 2.